The second-order valence-corrected chi connectivity index (χ2v) is 8.43. The van der Waals surface area contributed by atoms with Crippen molar-refractivity contribution in [2.45, 2.75) is 19.4 Å². The van der Waals surface area contributed by atoms with Crippen LogP contribution in [0.1, 0.15) is 18.4 Å². The van der Waals surface area contributed by atoms with Crippen LogP contribution in [-0.4, -0.2) is 65.4 Å². The molecule has 1 saturated heterocycles. The normalized spacial score (nSPS) is 17.6. The molecule has 1 aliphatic rings. The molecule has 0 saturated carbocycles. The minimum absolute atomic E-state index is 0. The number of rotatable bonds is 9. The van der Waals surface area contributed by atoms with Crippen molar-refractivity contribution in [2.24, 2.45) is 10.9 Å². The van der Waals surface area contributed by atoms with Crippen molar-refractivity contribution in [1.29, 1.82) is 0 Å². The van der Waals surface area contributed by atoms with E-state index in [0.29, 0.717) is 32.0 Å². The predicted molar refractivity (Wildman–Crippen MR) is 120 cm³/mol. The Kier molecular flexibility index (Phi) is 11.2. The lowest BCUT2D eigenvalue weighted by atomic mass is 10.1. The highest BCUT2D eigenvalue weighted by Gasteiger charge is 2.24. The third-order valence-corrected chi connectivity index (χ3v) is 4.99. The van der Waals surface area contributed by atoms with E-state index >= 15 is 0 Å². The number of nitrogens with zero attached hydrogens (tertiary/aromatic N) is 2. The number of likely N-dealkylation sites (tertiary alicyclic amines) is 1. The van der Waals surface area contributed by atoms with Crippen LogP contribution in [-0.2, 0) is 21.4 Å². The van der Waals surface area contributed by atoms with E-state index in [1.165, 1.54) is 11.8 Å². The average molecular weight is 510 g/mol. The largest absolute Gasteiger partial charge is 0.376 e. The van der Waals surface area contributed by atoms with Crippen LogP contribution in [0.3, 0.4) is 0 Å². The lowest BCUT2D eigenvalue weighted by Crippen LogP contribution is -2.41. The minimum Gasteiger partial charge on any atom is -0.376 e. The van der Waals surface area contributed by atoms with Gasteiger partial charge in [-0.05, 0) is 18.4 Å². The van der Waals surface area contributed by atoms with Gasteiger partial charge in [-0.3, -0.25) is 4.99 Å². The van der Waals surface area contributed by atoms with Gasteiger partial charge in [0.05, 0.1) is 19.5 Å². The van der Waals surface area contributed by atoms with Crippen LogP contribution in [0.15, 0.2) is 35.3 Å². The topological polar surface area (TPSA) is 83.0 Å². The summed E-state index contributed by atoms with van der Waals surface area (Å²) in [4.78, 5) is 6.57. The van der Waals surface area contributed by atoms with Gasteiger partial charge in [0.25, 0.3) is 0 Å². The Morgan fingerprint density at radius 2 is 2.04 bits per heavy atom. The van der Waals surface area contributed by atoms with Crippen molar-refractivity contribution >= 4 is 40.0 Å². The first-order valence-corrected chi connectivity index (χ1v) is 10.9. The summed E-state index contributed by atoms with van der Waals surface area (Å²) in [7, 11) is -1.34. The third kappa shape index (κ3) is 9.72. The first-order chi connectivity index (χ1) is 12.5. The fourth-order valence-corrected chi connectivity index (χ4v) is 3.47. The van der Waals surface area contributed by atoms with E-state index in [1.54, 1.807) is 7.05 Å². The van der Waals surface area contributed by atoms with E-state index in [0.717, 1.165) is 32.1 Å². The molecule has 1 aliphatic heterocycles. The zero-order valence-electron chi connectivity index (χ0n) is 16.1. The van der Waals surface area contributed by atoms with Crippen molar-refractivity contribution in [3.63, 3.8) is 0 Å². The molecule has 9 heteroatoms. The van der Waals surface area contributed by atoms with Gasteiger partial charge in [0.2, 0.25) is 10.0 Å². The van der Waals surface area contributed by atoms with Crippen molar-refractivity contribution in [2.75, 3.05) is 46.1 Å². The highest BCUT2D eigenvalue weighted by atomic mass is 127. The highest BCUT2D eigenvalue weighted by molar-refractivity contribution is 14.0. The Hall–Kier alpha value is -0.910. The summed E-state index contributed by atoms with van der Waals surface area (Å²) in [6.45, 7) is 4.40. The first-order valence-electron chi connectivity index (χ1n) is 9.00. The third-order valence-electron chi connectivity index (χ3n) is 4.26. The first kappa shape index (κ1) is 24.1. The van der Waals surface area contributed by atoms with Gasteiger partial charge >= 0.3 is 0 Å². The van der Waals surface area contributed by atoms with E-state index < -0.39 is 10.0 Å². The van der Waals surface area contributed by atoms with Gasteiger partial charge in [0, 0.05) is 39.1 Å². The molecule has 0 bridgehead atoms. The molecule has 27 heavy (non-hydrogen) atoms. The number of benzene rings is 1. The molecule has 1 atom stereocenters. The van der Waals surface area contributed by atoms with E-state index in [9.17, 15) is 8.42 Å². The van der Waals surface area contributed by atoms with E-state index in [2.05, 4.69) is 32.1 Å². The molecule has 1 aromatic carbocycles. The van der Waals surface area contributed by atoms with E-state index in [1.807, 2.05) is 18.2 Å². The second kappa shape index (κ2) is 12.5. The SMILES string of the molecule is CN=C(NCCCNS(C)(=O)=O)N1CCC(COCc2ccccc2)C1.I. The standard InChI is InChI=1S/C18H30N4O3S.HI/c1-19-18(20-10-6-11-21-26(2,23)24)22-12-9-17(13-22)15-25-14-16-7-4-3-5-8-16;/h3-5,7-8,17,21H,6,9-15H2,1-2H3,(H,19,20);1H. The smallest absolute Gasteiger partial charge is 0.208 e. The Morgan fingerprint density at radius 3 is 2.70 bits per heavy atom. The maximum atomic E-state index is 11.0. The molecular formula is C18H31IN4O3S. The summed E-state index contributed by atoms with van der Waals surface area (Å²) in [6.07, 6.45) is 2.97. The summed E-state index contributed by atoms with van der Waals surface area (Å²) in [5.74, 6) is 1.37. The molecule has 2 N–H and O–H groups in total. The van der Waals surface area contributed by atoms with Gasteiger partial charge in [-0.1, -0.05) is 30.3 Å². The number of nitrogens with one attached hydrogen (secondary N) is 2. The highest BCUT2D eigenvalue weighted by Crippen LogP contribution is 2.17. The van der Waals surface area contributed by atoms with Crippen LogP contribution >= 0.6 is 24.0 Å². The zero-order chi connectivity index (χ0) is 18.8. The van der Waals surface area contributed by atoms with Crippen molar-refractivity contribution in [3.05, 3.63) is 35.9 Å². The van der Waals surface area contributed by atoms with Crippen molar-refractivity contribution < 1.29 is 13.2 Å². The fraction of sp³-hybridized carbons (Fsp3) is 0.611. The van der Waals surface area contributed by atoms with Gasteiger partial charge in [0.1, 0.15) is 0 Å². The van der Waals surface area contributed by atoms with Crippen molar-refractivity contribution in [3.8, 4) is 0 Å². The Morgan fingerprint density at radius 1 is 1.30 bits per heavy atom. The number of halogens is 1. The molecule has 2 rings (SSSR count). The number of aliphatic imine (C=N–C) groups is 1. The summed E-state index contributed by atoms with van der Waals surface area (Å²) in [5.41, 5.74) is 1.20. The van der Waals surface area contributed by atoms with Gasteiger partial charge in [-0.15, -0.1) is 24.0 Å². The molecule has 0 aromatic heterocycles. The van der Waals surface area contributed by atoms with Crippen LogP contribution in [0.5, 0.6) is 0 Å². The quantitative estimate of drug-likeness (QED) is 0.229. The molecule has 0 aliphatic carbocycles. The maximum Gasteiger partial charge on any atom is 0.208 e. The van der Waals surface area contributed by atoms with Crippen molar-refractivity contribution in [1.82, 2.24) is 14.9 Å². The molecule has 1 unspecified atom stereocenters. The lowest BCUT2D eigenvalue weighted by Gasteiger charge is -2.21. The second-order valence-electron chi connectivity index (χ2n) is 6.60. The molecule has 0 amide bonds. The van der Waals surface area contributed by atoms with Crippen LogP contribution in [0.4, 0.5) is 0 Å². The maximum absolute atomic E-state index is 11.0. The Balaban J connectivity index is 0.00000364. The monoisotopic (exact) mass is 510 g/mol. The van der Waals surface area contributed by atoms with Crippen LogP contribution in [0.25, 0.3) is 0 Å². The minimum atomic E-state index is -3.11. The van der Waals surface area contributed by atoms with Crippen LogP contribution in [0.2, 0.25) is 0 Å². The Labute approximate surface area is 180 Å². The summed E-state index contributed by atoms with van der Waals surface area (Å²) in [5, 5.41) is 3.30. The number of ether oxygens (including phenoxy) is 1. The number of hydrogen-bond acceptors (Lipinski definition) is 4. The van der Waals surface area contributed by atoms with Crippen LogP contribution < -0.4 is 10.0 Å². The zero-order valence-corrected chi connectivity index (χ0v) is 19.2. The molecule has 0 spiro atoms. The summed E-state index contributed by atoms with van der Waals surface area (Å²) < 4.78 is 30.4. The molecule has 1 fully saturated rings. The number of guanidine groups is 1. The number of hydrogen-bond donors (Lipinski definition) is 2. The van der Waals surface area contributed by atoms with Gasteiger partial charge in [0.15, 0.2) is 5.96 Å². The van der Waals surface area contributed by atoms with E-state index in [4.69, 9.17) is 4.74 Å². The molecule has 0 radical (unpaired) electrons. The van der Waals surface area contributed by atoms with Gasteiger partial charge in [-0.25, -0.2) is 13.1 Å². The van der Waals surface area contributed by atoms with E-state index in [-0.39, 0.29) is 24.0 Å². The number of sulfonamides is 1. The Bertz CT molecular complexity index is 670. The summed E-state index contributed by atoms with van der Waals surface area (Å²) in [6, 6.07) is 10.2. The molecule has 1 aromatic rings. The van der Waals surface area contributed by atoms with Crippen LogP contribution in [0, 0.1) is 5.92 Å². The molecular weight excluding hydrogens is 479 g/mol. The van der Waals surface area contributed by atoms with Gasteiger partial charge < -0.3 is 15.0 Å². The predicted octanol–water partition coefficient (Wildman–Crippen LogP) is 1.66. The molecule has 154 valence electrons. The lowest BCUT2D eigenvalue weighted by molar-refractivity contribution is 0.0907. The molecule has 7 nitrogen and oxygen atoms in total. The average Bonchev–Trinajstić information content (AvgIpc) is 3.07. The fourth-order valence-electron chi connectivity index (χ4n) is 2.96. The molecule has 1 heterocycles. The van der Waals surface area contributed by atoms with Gasteiger partial charge in [-0.2, -0.15) is 0 Å². The summed E-state index contributed by atoms with van der Waals surface area (Å²) >= 11 is 0.